The molecule has 0 atom stereocenters. The third-order valence-electron chi connectivity index (χ3n) is 2.05. The molecular weight excluding hydrogens is 230 g/mol. The van der Waals surface area contributed by atoms with Crippen LogP contribution in [0.25, 0.3) is 0 Å². The second-order valence-electron chi connectivity index (χ2n) is 3.69. The molecule has 1 aromatic carbocycles. The summed E-state index contributed by atoms with van der Waals surface area (Å²) in [7, 11) is 0. The van der Waals surface area contributed by atoms with Crippen LogP contribution in [-0.4, -0.2) is 30.2 Å². The number of nitrogens with one attached hydrogen (secondary N) is 2. The minimum atomic E-state index is -3.30. The average molecular weight is 244 g/mol. The molecule has 0 bridgehead atoms. The molecule has 0 aliphatic heterocycles. The van der Waals surface area contributed by atoms with Crippen molar-refractivity contribution in [3.63, 3.8) is 0 Å². The molecule has 3 N–H and O–H groups in total. The van der Waals surface area contributed by atoms with E-state index in [1.165, 1.54) is 0 Å². The smallest absolute Gasteiger partial charge is 0.319 e. The van der Waals surface area contributed by atoms with Crippen molar-refractivity contribution in [1.29, 1.82) is 0 Å². The van der Waals surface area contributed by atoms with Crippen molar-refractivity contribution < 1.29 is 18.7 Å². The summed E-state index contributed by atoms with van der Waals surface area (Å²) >= 11 is 0. The molecule has 1 aromatic rings. The van der Waals surface area contributed by atoms with E-state index in [1.807, 2.05) is 12.2 Å². The number of rotatable bonds is 4. The van der Waals surface area contributed by atoms with Gasteiger partial charge in [-0.05, 0) is 19.1 Å². The van der Waals surface area contributed by atoms with Gasteiger partial charge in [0.15, 0.2) is 0 Å². The van der Waals surface area contributed by atoms with E-state index >= 15 is 0 Å². The lowest BCUT2D eigenvalue weighted by Crippen LogP contribution is -2.40. The fraction of sp³-hybridized carbons (Fsp3) is 0.364. The molecule has 0 aliphatic carbocycles. The summed E-state index contributed by atoms with van der Waals surface area (Å²) in [6.45, 7) is -0.301. The highest BCUT2D eigenvalue weighted by Crippen LogP contribution is 2.11. The van der Waals surface area contributed by atoms with Gasteiger partial charge in [-0.1, -0.05) is 17.7 Å². The van der Waals surface area contributed by atoms with Gasteiger partial charge in [0.2, 0.25) is 0 Å². The monoisotopic (exact) mass is 244 g/mol. The summed E-state index contributed by atoms with van der Waals surface area (Å²) < 4.78 is 25.2. The Hall–Kier alpha value is -1.69. The van der Waals surface area contributed by atoms with Gasteiger partial charge in [-0.25, -0.2) is 13.6 Å². The maximum absolute atomic E-state index is 12.6. The van der Waals surface area contributed by atoms with Crippen LogP contribution in [0.5, 0.6) is 0 Å². The van der Waals surface area contributed by atoms with Crippen molar-refractivity contribution in [2.75, 3.05) is 18.5 Å². The molecule has 0 aromatic heterocycles. The zero-order valence-electron chi connectivity index (χ0n) is 9.34. The van der Waals surface area contributed by atoms with Gasteiger partial charge >= 0.3 is 6.03 Å². The molecule has 0 unspecified atom stereocenters. The Labute approximate surface area is 97.6 Å². The number of aliphatic hydroxyl groups excluding tert-OH is 1. The molecule has 0 saturated heterocycles. The molecule has 0 radical (unpaired) electrons. The van der Waals surface area contributed by atoms with E-state index in [0.29, 0.717) is 5.69 Å². The average Bonchev–Trinajstić information content (AvgIpc) is 2.30. The van der Waals surface area contributed by atoms with Crippen LogP contribution in [0.4, 0.5) is 19.3 Å². The normalized spacial score (nSPS) is 11.1. The highest BCUT2D eigenvalue weighted by atomic mass is 19.3. The fourth-order valence-electron chi connectivity index (χ4n) is 1.08. The summed E-state index contributed by atoms with van der Waals surface area (Å²) in [6.07, 6.45) is 0. The third-order valence-corrected chi connectivity index (χ3v) is 2.05. The Morgan fingerprint density at radius 2 is 1.94 bits per heavy atom. The van der Waals surface area contributed by atoms with E-state index in [2.05, 4.69) is 5.32 Å². The lowest BCUT2D eigenvalue weighted by molar-refractivity contribution is -0.0451. The number of carbonyl (C=O) groups excluding carboxylic acids is 1. The van der Waals surface area contributed by atoms with Crippen LogP contribution in [-0.2, 0) is 0 Å². The zero-order valence-corrected chi connectivity index (χ0v) is 9.34. The van der Waals surface area contributed by atoms with Gasteiger partial charge in [0, 0.05) is 5.69 Å². The molecule has 0 saturated carbocycles. The lowest BCUT2D eigenvalue weighted by atomic mass is 10.2. The minimum Gasteiger partial charge on any atom is -0.390 e. The van der Waals surface area contributed by atoms with E-state index in [4.69, 9.17) is 5.11 Å². The highest BCUT2D eigenvalue weighted by molar-refractivity contribution is 5.89. The van der Waals surface area contributed by atoms with Gasteiger partial charge in [0.25, 0.3) is 5.92 Å². The summed E-state index contributed by atoms with van der Waals surface area (Å²) in [6, 6.07) is 6.18. The predicted molar refractivity (Wildman–Crippen MR) is 60.2 cm³/mol. The highest BCUT2D eigenvalue weighted by Gasteiger charge is 2.28. The van der Waals surface area contributed by atoms with Crippen LogP contribution >= 0.6 is 0 Å². The van der Waals surface area contributed by atoms with Crippen LogP contribution < -0.4 is 10.6 Å². The Kier molecular flexibility index (Phi) is 4.39. The molecule has 0 aliphatic rings. The molecular formula is C11H14F2N2O2. The number of amides is 2. The van der Waals surface area contributed by atoms with Crippen molar-refractivity contribution in [3.05, 3.63) is 29.8 Å². The molecule has 17 heavy (non-hydrogen) atoms. The standard InChI is InChI=1S/C11H14F2N2O2/c1-8-2-4-9(5-3-8)15-10(17)14-6-11(12,13)7-16/h2-5,16H,6-7H2,1H3,(H2,14,15,17). The van der Waals surface area contributed by atoms with Crippen molar-refractivity contribution in [2.24, 2.45) is 0 Å². The zero-order chi connectivity index (χ0) is 12.9. The van der Waals surface area contributed by atoms with Crippen molar-refractivity contribution >= 4 is 11.7 Å². The third kappa shape index (κ3) is 4.78. The first-order valence-corrected chi connectivity index (χ1v) is 5.03. The number of carbonyl (C=O) groups is 1. The fourth-order valence-corrected chi connectivity index (χ4v) is 1.08. The molecule has 4 nitrogen and oxygen atoms in total. The lowest BCUT2D eigenvalue weighted by Gasteiger charge is -2.14. The van der Waals surface area contributed by atoms with E-state index in [0.717, 1.165) is 5.56 Å². The second kappa shape index (κ2) is 5.58. The summed E-state index contributed by atoms with van der Waals surface area (Å²) in [5.74, 6) is -3.30. The largest absolute Gasteiger partial charge is 0.390 e. The van der Waals surface area contributed by atoms with Gasteiger partial charge in [-0.15, -0.1) is 0 Å². The molecule has 1 rings (SSSR count). The van der Waals surface area contributed by atoms with E-state index < -0.39 is 25.1 Å². The van der Waals surface area contributed by atoms with Gasteiger partial charge in [0.05, 0.1) is 6.54 Å². The topological polar surface area (TPSA) is 61.4 Å². The summed E-state index contributed by atoms with van der Waals surface area (Å²) in [4.78, 5) is 11.2. The number of halogens is 2. The Balaban J connectivity index is 2.42. The van der Waals surface area contributed by atoms with Crippen LogP contribution in [0.1, 0.15) is 5.56 Å². The number of benzene rings is 1. The predicted octanol–water partition coefficient (Wildman–Crippen LogP) is 1.74. The number of anilines is 1. The molecule has 0 heterocycles. The first-order valence-electron chi connectivity index (χ1n) is 5.03. The Morgan fingerprint density at radius 3 is 2.47 bits per heavy atom. The molecule has 0 fully saturated rings. The van der Waals surface area contributed by atoms with E-state index in [1.54, 1.807) is 24.3 Å². The number of alkyl halides is 2. The van der Waals surface area contributed by atoms with E-state index in [9.17, 15) is 13.6 Å². The van der Waals surface area contributed by atoms with Crippen molar-refractivity contribution in [3.8, 4) is 0 Å². The summed E-state index contributed by atoms with van der Waals surface area (Å²) in [5.41, 5.74) is 1.54. The Bertz CT molecular complexity index is 380. The molecule has 6 heteroatoms. The quantitative estimate of drug-likeness (QED) is 0.755. The Morgan fingerprint density at radius 1 is 1.35 bits per heavy atom. The maximum atomic E-state index is 12.6. The molecule has 0 spiro atoms. The van der Waals surface area contributed by atoms with Crippen LogP contribution in [0.3, 0.4) is 0 Å². The number of aliphatic hydroxyl groups is 1. The molecule has 94 valence electrons. The number of aryl methyl sites for hydroxylation is 1. The first kappa shape index (κ1) is 13.4. The van der Waals surface area contributed by atoms with Crippen LogP contribution in [0, 0.1) is 6.92 Å². The van der Waals surface area contributed by atoms with Crippen LogP contribution in [0.2, 0.25) is 0 Å². The van der Waals surface area contributed by atoms with Gasteiger partial charge in [0.1, 0.15) is 6.61 Å². The SMILES string of the molecule is Cc1ccc(NC(=O)NCC(F)(F)CO)cc1. The van der Waals surface area contributed by atoms with Gasteiger partial charge in [-0.3, -0.25) is 0 Å². The van der Waals surface area contributed by atoms with Gasteiger partial charge in [-0.2, -0.15) is 0 Å². The van der Waals surface area contributed by atoms with Crippen molar-refractivity contribution in [2.45, 2.75) is 12.8 Å². The second-order valence-corrected chi connectivity index (χ2v) is 3.69. The molecule has 2 amide bonds. The van der Waals surface area contributed by atoms with Crippen molar-refractivity contribution in [1.82, 2.24) is 5.32 Å². The van der Waals surface area contributed by atoms with Crippen LogP contribution in [0.15, 0.2) is 24.3 Å². The number of hydrogen-bond acceptors (Lipinski definition) is 2. The summed E-state index contributed by atoms with van der Waals surface area (Å²) in [5, 5.41) is 12.7. The van der Waals surface area contributed by atoms with E-state index in [-0.39, 0.29) is 0 Å². The number of hydrogen-bond donors (Lipinski definition) is 3. The minimum absolute atomic E-state index is 0.514. The maximum Gasteiger partial charge on any atom is 0.319 e. The number of urea groups is 1. The first-order chi connectivity index (χ1) is 7.93. The van der Waals surface area contributed by atoms with Gasteiger partial charge < -0.3 is 15.7 Å².